The number of carbonyl (C=O) groups excluding carboxylic acids is 6. The van der Waals surface area contributed by atoms with Crippen LogP contribution in [-0.4, -0.2) is 161 Å². The molecule has 18 nitrogen and oxygen atoms in total. The van der Waals surface area contributed by atoms with E-state index in [4.69, 9.17) is 28.4 Å². The van der Waals surface area contributed by atoms with Gasteiger partial charge in [0.15, 0.2) is 11.4 Å². The lowest BCUT2D eigenvalue weighted by Gasteiger charge is -2.67. The van der Waals surface area contributed by atoms with Crippen molar-refractivity contribution in [3.05, 3.63) is 82.9 Å². The molecule has 3 aliphatic carbocycles. The molecule has 1 amide bonds. The molecule has 2 saturated carbocycles. The number of ether oxygens (including phenoxy) is 6. The van der Waals surface area contributed by atoms with Crippen LogP contribution in [0.1, 0.15) is 103 Å². The first-order chi connectivity index (χ1) is 32.8. The number of carbonyl (C=O) groups is 6. The molecule has 2 saturated heterocycles. The second-order valence-corrected chi connectivity index (χ2v) is 21.3. The Morgan fingerprint density at radius 3 is 2.14 bits per heavy atom. The van der Waals surface area contributed by atoms with Crippen molar-refractivity contribution in [1.82, 2.24) is 15.1 Å². The van der Waals surface area contributed by atoms with Gasteiger partial charge >= 0.3 is 30.0 Å². The Hall–Kier alpha value is -5.24. The number of aliphatic hydroxyl groups is 3. The summed E-state index contributed by atoms with van der Waals surface area (Å²) in [6.45, 7) is 15.9. The Morgan fingerprint density at radius 1 is 0.929 bits per heavy atom. The van der Waals surface area contributed by atoms with Gasteiger partial charge < -0.3 is 58.9 Å². The van der Waals surface area contributed by atoms with E-state index in [0.29, 0.717) is 18.5 Å². The maximum atomic E-state index is 15.2. The van der Waals surface area contributed by atoms with Crippen molar-refractivity contribution in [3.63, 3.8) is 0 Å². The second kappa shape index (κ2) is 20.1. The number of hydrogen-bond donors (Lipinski definition) is 4. The number of benzene rings is 2. The van der Waals surface area contributed by atoms with E-state index >= 15 is 9.59 Å². The molecule has 2 aliphatic heterocycles. The maximum absolute atomic E-state index is 15.2. The van der Waals surface area contributed by atoms with Crippen LogP contribution in [0.3, 0.4) is 0 Å². The van der Waals surface area contributed by atoms with Crippen molar-refractivity contribution < 1.29 is 72.5 Å². The Kier molecular flexibility index (Phi) is 15.1. The van der Waals surface area contributed by atoms with Crippen molar-refractivity contribution in [2.24, 2.45) is 16.7 Å². The number of nitrogens with one attached hydrogen (secondary N) is 1. The molecular formula is C52H69N3O15. The monoisotopic (exact) mass is 975 g/mol. The van der Waals surface area contributed by atoms with Crippen LogP contribution in [0.15, 0.2) is 71.8 Å². The topological polar surface area (TPSA) is 237 Å². The van der Waals surface area contributed by atoms with Crippen LogP contribution in [0, 0.1) is 16.7 Å². The van der Waals surface area contributed by atoms with E-state index in [-0.39, 0.29) is 36.2 Å². The highest BCUT2D eigenvalue weighted by atomic mass is 16.6. The summed E-state index contributed by atoms with van der Waals surface area (Å²) in [4.78, 5) is 89.7. The van der Waals surface area contributed by atoms with E-state index in [1.807, 2.05) is 7.05 Å². The molecule has 2 aromatic rings. The number of aliphatic hydroxyl groups excluding tert-OH is 2. The van der Waals surface area contributed by atoms with Crippen molar-refractivity contribution in [2.75, 3.05) is 46.4 Å². The highest BCUT2D eigenvalue weighted by molar-refractivity contribution is 5.94. The standard InChI is InChI=1S/C52H69N3O15/c1-30-34(66-46(62)41(67-37(58)21-16-22-55-25-23-54(9)24-26-55)39(32-17-12-10-13-18-32)53-47(63)70-48(3,4)5)28-52(64)44(68-45(61)33-19-14-11-15-20-33)42-50(8,43(60)40(59)38(30)49(52,6)7)35(57)27-36-51(42,29-65-36)69-31(2)56/h10-15,17-20,34-36,39-42,44,57,59,64H,16,21-29H2,1-9H3,(H,53,63)/t34-,35-,36?,39-,40+,41?,42?,44-,50?,51?,52?/m0/s1. The Bertz CT molecular complexity index is 2330. The zero-order valence-corrected chi connectivity index (χ0v) is 41.6. The third kappa shape index (κ3) is 9.99. The van der Waals surface area contributed by atoms with E-state index < -0.39 is 118 Å². The predicted octanol–water partition coefficient (Wildman–Crippen LogP) is 3.84. The fourth-order valence-corrected chi connectivity index (χ4v) is 11.4. The van der Waals surface area contributed by atoms with Gasteiger partial charge in [0.05, 0.1) is 29.6 Å². The molecule has 6 unspecified atom stereocenters. The van der Waals surface area contributed by atoms with Crippen LogP contribution in [0.5, 0.6) is 0 Å². The Morgan fingerprint density at radius 2 is 1.56 bits per heavy atom. The van der Waals surface area contributed by atoms with Gasteiger partial charge in [-0.25, -0.2) is 14.4 Å². The average molecular weight is 976 g/mol. The lowest BCUT2D eigenvalue weighted by Crippen LogP contribution is -2.81. The molecule has 0 spiro atoms. The summed E-state index contributed by atoms with van der Waals surface area (Å²) in [5, 5.41) is 41.0. The van der Waals surface area contributed by atoms with Gasteiger partial charge in [-0.2, -0.15) is 0 Å². The van der Waals surface area contributed by atoms with E-state index in [1.54, 1.807) is 83.1 Å². The minimum absolute atomic E-state index is 0.0710. The average Bonchev–Trinajstić information content (AvgIpc) is 3.29. The van der Waals surface area contributed by atoms with Crippen LogP contribution in [0.2, 0.25) is 0 Å². The van der Waals surface area contributed by atoms with Crippen molar-refractivity contribution in [3.8, 4) is 0 Å². The number of rotatable bonds is 13. The third-order valence-corrected chi connectivity index (χ3v) is 15.3. The summed E-state index contributed by atoms with van der Waals surface area (Å²) in [5.41, 5.74) is -8.36. The summed E-state index contributed by atoms with van der Waals surface area (Å²) in [6, 6.07) is 14.8. The molecular weight excluding hydrogens is 907 g/mol. The Labute approximate surface area is 408 Å². The van der Waals surface area contributed by atoms with E-state index in [1.165, 1.54) is 26.0 Å². The predicted molar refractivity (Wildman–Crippen MR) is 251 cm³/mol. The van der Waals surface area contributed by atoms with Crippen molar-refractivity contribution >= 4 is 35.8 Å². The summed E-state index contributed by atoms with van der Waals surface area (Å²) in [7, 11) is 2.04. The van der Waals surface area contributed by atoms with Crippen LogP contribution < -0.4 is 5.32 Å². The molecule has 18 heteroatoms. The molecule has 0 aromatic heterocycles. The fraction of sp³-hybridized carbons (Fsp3) is 0.615. The minimum atomic E-state index is -2.40. The summed E-state index contributed by atoms with van der Waals surface area (Å²) < 4.78 is 36.4. The summed E-state index contributed by atoms with van der Waals surface area (Å²) in [6.07, 6.45) is -11.2. The lowest BCUT2D eigenvalue weighted by atomic mass is 9.44. The molecule has 2 heterocycles. The number of hydrogen-bond acceptors (Lipinski definition) is 17. The molecule has 4 fully saturated rings. The second-order valence-electron chi connectivity index (χ2n) is 21.3. The Balaban J connectivity index is 1.32. The van der Waals surface area contributed by atoms with Gasteiger partial charge in [-0.3, -0.25) is 14.4 Å². The molecule has 7 rings (SSSR count). The zero-order valence-electron chi connectivity index (χ0n) is 41.6. The number of alkyl carbamates (subject to hydrolysis) is 1. The maximum Gasteiger partial charge on any atom is 0.408 e. The number of amides is 1. The molecule has 2 aromatic carbocycles. The van der Waals surface area contributed by atoms with Crippen LogP contribution in [-0.2, 0) is 47.6 Å². The lowest BCUT2D eigenvalue weighted by molar-refractivity contribution is -0.346. The number of nitrogens with zero attached hydrogens (tertiary/aromatic N) is 2. The van der Waals surface area contributed by atoms with Gasteiger partial charge in [-0.15, -0.1) is 0 Å². The zero-order chi connectivity index (χ0) is 51.1. The molecule has 5 aliphatic rings. The minimum Gasteiger partial charge on any atom is -0.455 e. The first kappa shape index (κ1) is 52.6. The van der Waals surface area contributed by atoms with Crippen molar-refractivity contribution in [2.45, 2.75) is 141 Å². The largest absolute Gasteiger partial charge is 0.455 e. The van der Waals surface area contributed by atoms with Gasteiger partial charge in [0, 0.05) is 57.8 Å². The molecule has 70 heavy (non-hydrogen) atoms. The van der Waals surface area contributed by atoms with Crippen LogP contribution in [0.25, 0.3) is 0 Å². The van der Waals surface area contributed by atoms with Crippen LogP contribution >= 0.6 is 0 Å². The number of Topliss-reactive ketones (excluding diaryl/α,β-unsaturated/α-hetero) is 1. The molecule has 2 bridgehead atoms. The quantitative estimate of drug-likeness (QED) is 0.127. The summed E-state index contributed by atoms with van der Waals surface area (Å²) >= 11 is 0. The fourth-order valence-electron chi connectivity index (χ4n) is 11.4. The smallest absolute Gasteiger partial charge is 0.408 e. The highest BCUT2D eigenvalue weighted by Gasteiger charge is 2.78. The number of piperazine rings is 1. The number of ketones is 1. The normalized spacial score (nSPS) is 31.7. The molecule has 382 valence electrons. The van der Waals surface area contributed by atoms with E-state index in [9.17, 15) is 34.5 Å². The van der Waals surface area contributed by atoms with E-state index in [0.717, 1.165) is 33.1 Å². The SMILES string of the molecule is CC(=O)OC12COC1C[C@H](O)C1(C)C(=O)[C@H](O)C3=C(C)[C@@H](OC(=O)C(OC(=O)CCCN4CCN(C)CC4)[C@@H](NC(=O)OC(C)(C)C)c4ccccc4)CC(O)([C@@H](OC(=O)c4ccccc4)C21)C3(C)C. The third-order valence-electron chi connectivity index (χ3n) is 15.3. The van der Waals surface area contributed by atoms with Gasteiger partial charge in [-0.1, -0.05) is 62.4 Å². The van der Waals surface area contributed by atoms with Crippen LogP contribution in [0.4, 0.5) is 4.79 Å². The first-order valence-electron chi connectivity index (χ1n) is 24.1. The highest BCUT2D eigenvalue weighted by Crippen LogP contribution is 2.64. The molecule has 0 radical (unpaired) electrons. The van der Waals surface area contributed by atoms with Gasteiger partial charge in [0.2, 0.25) is 6.10 Å². The molecule has 11 atom stereocenters. The number of esters is 4. The first-order valence-corrected chi connectivity index (χ1v) is 24.1. The van der Waals surface area contributed by atoms with Gasteiger partial charge in [0.25, 0.3) is 0 Å². The number of likely N-dealkylation sites (N-methyl/N-ethyl adjacent to an activating group) is 1. The van der Waals surface area contributed by atoms with Crippen molar-refractivity contribution in [1.29, 1.82) is 0 Å². The van der Waals surface area contributed by atoms with Gasteiger partial charge in [0.1, 0.15) is 41.7 Å². The number of fused-ring (bicyclic) bond motifs is 5. The molecule has 4 N–H and O–H groups in total. The van der Waals surface area contributed by atoms with Gasteiger partial charge in [-0.05, 0) is 83.5 Å². The summed E-state index contributed by atoms with van der Waals surface area (Å²) in [5.74, 6) is -6.11. The van der Waals surface area contributed by atoms with E-state index in [2.05, 4.69) is 15.1 Å².